The molecule has 3 heterocycles. The molecule has 0 N–H and O–H groups in total. The first-order valence-electron chi connectivity index (χ1n) is 13.9. The van der Waals surface area contributed by atoms with Crippen molar-refractivity contribution in [1.82, 2.24) is 18.4 Å². The molecule has 0 bridgehead atoms. The first-order chi connectivity index (χ1) is 19.3. The molecule has 208 valence electrons. The number of nitrogens with zero attached hydrogens (tertiary/aromatic N) is 4. The Kier molecular flexibility index (Phi) is 6.12. The second-order valence-electron chi connectivity index (χ2n) is 11.4. The maximum atomic E-state index is 13.8. The largest absolute Gasteiger partial charge is 0.381 e. The van der Waals surface area contributed by atoms with Gasteiger partial charge in [0, 0.05) is 50.0 Å². The maximum Gasteiger partial charge on any atom is 0.282 e. The number of ether oxygens (including phenoxy) is 1. The van der Waals surface area contributed by atoms with E-state index in [-0.39, 0.29) is 29.2 Å². The third kappa shape index (κ3) is 3.94. The molecule has 0 spiro atoms. The molecule has 3 fully saturated rings. The molecule has 3 unspecified atom stereocenters. The van der Waals surface area contributed by atoms with Crippen molar-refractivity contribution in [3.8, 4) is 5.69 Å². The average molecular weight is 561 g/mol. The Hall–Kier alpha value is -3.11. The van der Waals surface area contributed by atoms with Crippen molar-refractivity contribution < 1.29 is 17.5 Å². The Morgan fingerprint density at radius 2 is 1.73 bits per heavy atom. The molecule has 9 heteroatoms. The van der Waals surface area contributed by atoms with Gasteiger partial charge < -0.3 is 4.74 Å². The lowest BCUT2D eigenvalue weighted by Gasteiger charge is -2.34. The van der Waals surface area contributed by atoms with Gasteiger partial charge in [0.05, 0.1) is 23.5 Å². The molecule has 2 aliphatic heterocycles. The standard InChI is InChI=1S/C31H33FN4O3S/c1-21-16-29-23(18-33-36(29)25-10-8-24(32)9-11-25)17-27(21)31-20-35(19-28(31)30(31)22-6-4-3-5-7-22)40(37,38)34-14-12-26(39-2)13-15-34/h3-11,16-18,26,28,30H,12-15,19-20H2,1-2H3. The zero-order valence-corrected chi connectivity index (χ0v) is 23.5. The van der Waals surface area contributed by atoms with Gasteiger partial charge in [-0.2, -0.15) is 22.1 Å². The molecular weight excluding hydrogens is 527 g/mol. The SMILES string of the molecule is COC1CCN(S(=O)(=O)N2CC3C(c4ccccc4)C3(c3cc4cnn(-c5ccc(F)cc5)c4cc3C)C2)CC1. The molecule has 3 aromatic carbocycles. The lowest BCUT2D eigenvalue weighted by atomic mass is 9.87. The average Bonchev–Trinajstić information content (AvgIpc) is 3.23. The molecule has 1 aromatic heterocycles. The molecule has 0 amide bonds. The predicted molar refractivity (Wildman–Crippen MR) is 152 cm³/mol. The lowest BCUT2D eigenvalue weighted by molar-refractivity contribution is 0.0591. The topological polar surface area (TPSA) is 67.7 Å². The van der Waals surface area contributed by atoms with Crippen molar-refractivity contribution in [1.29, 1.82) is 0 Å². The van der Waals surface area contributed by atoms with Gasteiger partial charge >= 0.3 is 0 Å². The van der Waals surface area contributed by atoms with Gasteiger partial charge in [0.1, 0.15) is 5.82 Å². The minimum absolute atomic E-state index is 0.123. The Morgan fingerprint density at radius 3 is 2.42 bits per heavy atom. The summed E-state index contributed by atoms with van der Waals surface area (Å²) >= 11 is 0. The highest BCUT2D eigenvalue weighted by Gasteiger charge is 2.71. The highest BCUT2D eigenvalue weighted by atomic mass is 32.2. The van der Waals surface area contributed by atoms with Crippen molar-refractivity contribution in [2.45, 2.75) is 37.2 Å². The van der Waals surface area contributed by atoms with E-state index in [0.29, 0.717) is 26.2 Å². The summed E-state index contributed by atoms with van der Waals surface area (Å²) in [6.45, 7) is 4.06. The second kappa shape index (κ2) is 9.48. The minimum Gasteiger partial charge on any atom is -0.381 e. The van der Waals surface area contributed by atoms with Crippen LogP contribution in [0.5, 0.6) is 0 Å². The van der Waals surface area contributed by atoms with Crippen molar-refractivity contribution in [2.24, 2.45) is 5.92 Å². The van der Waals surface area contributed by atoms with Gasteiger partial charge in [-0.3, -0.25) is 0 Å². The summed E-state index contributed by atoms with van der Waals surface area (Å²) in [6, 6.07) is 21.1. The van der Waals surface area contributed by atoms with E-state index in [9.17, 15) is 12.8 Å². The van der Waals surface area contributed by atoms with Gasteiger partial charge in [-0.1, -0.05) is 30.3 Å². The van der Waals surface area contributed by atoms with Gasteiger partial charge in [-0.25, -0.2) is 9.07 Å². The molecule has 3 aliphatic rings. The zero-order chi connectivity index (χ0) is 27.6. The molecule has 0 radical (unpaired) electrons. The molecule has 1 saturated carbocycles. The normalized spacial score (nSPS) is 25.9. The lowest BCUT2D eigenvalue weighted by Crippen LogP contribution is -2.48. The number of aromatic nitrogens is 2. The van der Waals surface area contributed by atoms with E-state index in [2.05, 4.69) is 48.4 Å². The van der Waals surface area contributed by atoms with Crippen LogP contribution in [-0.4, -0.2) is 66.2 Å². The molecule has 4 aromatic rings. The van der Waals surface area contributed by atoms with Crippen LogP contribution in [0.15, 0.2) is 72.9 Å². The third-order valence-corrected chi connectivity index (χ3v) is 11.3. The van der Waals surface area contributed by atoms with Crippen molar-refractivity contribution in [3.63, 3.8) is 0 Å². The molecule has 3 atom stereocenters. The van der Waals surface area contributed by atoms with Crippen LogP contribution in [0.1, 0.15) is 35.4 Å². The summed E-state index contributed by atoms with van der Waals surface area (Å²) in [5.41, 5.74) is 5.00. The van der Waals surface area contributed by atoms with Gasteiger partial charge in [0.15, 0.2) is 0 Å². The monoisotopic (exact) mass is 560 g/mol. The maximum absolute atomic E-state index is 13.8. The van der Waals surface area contributed by atoms with Gasteiger partial charge in [0.2, 0.25) is 0 Å². The van der Waals surface area contributed by atoms with Crippen LogP contribution in [0.2, 0.25) is 0 Å². The van der Waals surface area contributed by atoms with E-state index in [1.165, 1.54) is 23.3 Å². The first-order valence-corrected chi connectivity index (χ1v) is 15.3. The van der Waals surface area contributed by atoms with E-state index >= 15 is 0 Å². The van der Waals surface area contributed by atoms with Crippen LogP contribution in [0.3, 0.4) is 0 Å². The summed E-state index contributed by atoms with van der Waals surface area (Å²) < 4.78 is 51.8. The number of aryl methyl sites for hydroxylation is 1. The molecule has 7 nitrogen and oxygen atoms in total. The highest BCUT2D eigenvalue weighted by Crippen LogP contribution is 2.70. The van der Waals surface area contributed by atoms with Crippen LogP contribution >= 0.6 is 0 Å². The Morgan fingerprint density at radius 1 is 1.00 bits per heavy atom. The number of hydrogen-bond acceptors (Lipinski definition) is 4. The number of halogens is 1. The van der Waals surface area contributed by atoms with E-state index < -0.39 is 10.2 Å². The van der Waals surface area contributed by atoms with E-state index in [1.807, 2.05) is 16.9 Å². The van der Waals surface area contributed by atoms with Crippen molar-refractivity contribution in [3.05, 3.63) is 95.4 Å². The Bertz CT molecular complexity index is 1670. The van der Waals surface area contributed by atoms with Crippen LogP contribution in [-0.2, 0) is 20.4 Å². The minimum atomic E-state index is -3.57. The quantitative estimate of drug-likeness (QED) is 0.340. The van der Waals surface area contributed by atoms with Crippen LogP contribution in [0, 0.1) is 18.7 Å². The molecule has 1 aliphatic carbocycles. The summed E-state index contributed by atoms with van der Waals surface area (Å²) in [7, 11) is -1.88. The van der Waals surface area contributed by atoms with Crippen molar-refractivity contribution in [2.75, 3.05) is 33.3 Å². The molecule has 7 rings (SSSR count). The number of fused-ring (bicyclic) bond motifs is 2. The fraction of sp³-hybridized carbons (Fsp3) is 0.387. The fourth-order valence-electron chi connectivity index (χ4n) is 7.33. The second-order valence-corrected chi connectivity index (χ2v) is 13.4. The number of rotatable bonds is 6. The fourth-order valence-corrected chi connectivity index (χ4v) is 9.05. The summed E-state index contributed by atoms with van der Waals surface area (Å²) in [5.74, 6) is 0.167. The number of hydrogen-bond donors (Lipinski definition) is 0. The third-order valence-electron chi connectivity index (χ3n) is 9.38. The zero-order valence-electron chi connectivity index (χ0n) is 22.7. The van der Waals surface area contributed by atoms with Crippen LogP contribution in [0.25, 0.3) is 16.6 Å². The Labute approximate surface area is 234 Å². The molecular formula is C31H33FN4O3S. The first kappa shape index (κ1) is 25.8. The van der Waals surface area contributed by atoms with Gasteiger partial charge in [-0.05, 0) is 78.8 Å². The van der Waals surface area contributed by atoms with Crippen LogP contribution < -0.4 is 0 Å². The van der Waals surface area contributed by atoms with Gasteiger partial charge in [0.25, 0.3) is 10.2 Å². The predicted octanol–water partition coefficient (Wildman–Crippen LogP) is 4.80. The van der Waals surface area contributed by atoms with Crippen LogP contribution in [0.4, 0.5) is 4.39 Å². The smallest absolute Gasteiger partial charge is 0.282 e. The van der Waals surface area contributed by atoms with Crippen molar-refractivity contribution >= 4 is 21.1 Å². The molecule has 40 heavy (non-hydrogen) atoms. The number of piperidine rings is 2. The summed E-state index contributed by atoms with van der Waals surface area (Å²) in [5, 5.41) is 5.60. The molecule has 2 saturated heterocycles. The van der Waals surface area contributed by atoms with E-state index in [0.717, 1.165) is 35.0 Å². The summed E-state index contributed by atoms with van der Waals surface area (Å²) in [4.78, 5) is 0. The highest BCUT2D eigenvalue weighted by molar-refractivity contribution is 7.86. The van der Waals surface area contributed by atoms with E-state index in [1.54, 1.807) is 27.9 Å². The van der Waals surface area contributed by atoms with Gasteiger partial charge in [-0.15, -0.1) is 0 Å². The number of methoxy groups -OCH3 is 1. The van der Waals surface area contributed by atoms with E-state index in [4.69, 9.17) is 4.74 Å². The number of benzene rings is 3. The summed E-state index contributed by atoms with van der Waals surface area (Å²) in [6.07, 6.45) is 3.41. The Balaban J connectivity index is 1.26.